The van der Waals surface area contributed by atoms with Gasteiger partial charge in [0.25, 0.3) is 0 Å². The molecule has 0 amide bonds. The molecule has 0 aliphatic heterocycles. The number of hydrogen-bond donors (Lipinski definition) is 2. The molecule has 0 spiro atoms. The van der Waals surface area contributed by atoms with Crippen molar-refractivity contribution in [1.29, 1.82) is 0 Å². The normalized spacial score (nSPS) is 12.4. The number of carbonyl (C=O) groups is 1. The van der Waals surface area contributed by atoms with E-state index in [-0.39, 0.29) is 5.25 Å². The number of nitrogens with two attached hydrogens (primary N) is 1. The average Bonchev–Trinajstić information content (AvgIpc) is 2.28. The van der Waals surface area contributed by atoms with E-state index in [1.807, 2.05) is 25.1 Å². The fourth-order valence-electron chi connectivity index (χ4n) is 1.52. The molecule has 0 bridgehead atoms. The number of anilines is 1. The van der Waals surface area contributed by atoms with Gasteiger partial charge in [-0.25, -0.2) is 0 Å². The highest BCUT2D eigenvalue weighted by Crippen LogP contribution is 2.31. The molecule has 0 aromatic heterocycles. The summed E-state index contributed by atoms with van der Waals surface area (Å²) in [7, 11) is 0. The fourth-order valence-corrected chi connectivity index (χ4v) is 2.67. The average molecular weight is 253 g/mol. The molecule has 0 radical (unpaired) electrons. The minimum Gasteiger partial charge on any atom is -0.480 e. The van der Waals surface area contributed by atoms with Gasteiger partial charge in [0.15, 0.2) is 0 Å². The Morgan fingerprint density at radius 3 is 2.82 bits per heavy atom. The standard InChI is InChI=1S/C13H19NO2S/c1-3-4-5-11(13(15)16)17-12-8-10(14)7-6-9(12)2/h6-8,11H,3-5,14H2,1-2H3,(H,15,16). The van der Waals surface area contributed by atoms with Gasteiger partial charge in [-0.05, 0) is 31.0 Å². The predicted molar refractivity (Wildman–Crippen MR) is 72.4 cm³/mol. The number of hydrogen-bond acceptors (Lipinski definition) is 3. The van der Waals surface area contributed by atoms with Crippen LogP contribution >= 0.6 is 11.8 Å². The van der Waals surface area contributed by atoms with E-state index in [2.05, 4.69) is 6.92 Å². The van der Waals surface area contributed by atoms with Crippen LogP contribution in [-0.4, -0.2) is 16.3 Å². The Kier molecular flexibility index (Phi) is 5.35. The van der Waals surface area contributed by atoms with Crippen molar-refractivity contribution in [2.75, 3.05) is 5.73 Å². The van der Waals surface area contributed by atoms with Crippen molar-refractivity contribution >= 4 is 23.4 Å². The van der Waals surface area contributed by atoms with Crippen molar-refractivity contribution < 1.29 is 9.90 Å². The van der Waals surface area contributed by atoms with Crippen LogP contribution in [0.3, 0.4) is 0 Å². The number of unbranched alkanes of at least 4 members (excludes halogenated alkanes) is 1. The molecule has 1 atom stereocenters. The van der Waals surface area contributed by atoms with Crippen LogP contribution < -0.4 is 5.73 Å². The third-order valence-electron chi connectivity index (χ3n) is 2.58. The van der Waals surface area contributed by atoms with E-state index in [0.717, 1.165) is 23.3 Å². The lowest BCUT2D eigenvalue weighted by Gasteiger charge is -2.13. The maximum atomic E-state index is 11.2. The van der Waals surface area contributed by atoms with Gasteiger partial charge in [0.05, 0.1) is 0 Å². The molecule has 4 heteroatoms. The summed E-state index contributed by atoms with van der Waals surface area (Å²) in [5.74, 6) is -0.745. The maximum Gasteiger partial charge on any atom is 0.316 e. The number of benzene rings is 1. The zero-order valence-electron chi connectivity index (χ0n) is 10.3. The van der Waals surface area contributed by atoms with Crippen LogP contribution in [0.1, 0.15) is 31.7 Å². The first-order valence-corrected chi connectivity index (χ1v) is 6.68. The molecule has 0 fully saturated rings. The van der Waals surface area contributed by atoms with Gasteiger partial charge >= 0.3 is 5.97 Å². The second-order valence-electron chi connectivity index (χ2n) is 4.11. The Balaban J connectivity index is 2.78. The molecule has 94 valence electrons. The molecule has 1 unspecified atom stereocenters. The molecule has 3 N–H and O–H groups in total. The van der Waals surface area contributed by atoms with E-state index in [1.165, 1.54) is 11.8 Å². The summed E-state index contributed by atoms with van der Waals surface area (Å²) in [4.78, 5) is 12.1. The minimum absolute atomic E-state index is 0.379. The summed E-state index contributed by atoms with van der Waals surface area (Å²) in [6.45, 7) is 4.04. The smallest absolute Gasteiger partial charge is 0.316 e. The van der Waals surface area contributed by atoms with Gasteiger partial charge in [-0.1, -0.05) is 25.8 Å². The Labute approximate surface area is 106 Å². The minimum atomic E-state index is -0.745. The van der Waals surface area contributed by atoms with Crippen LogP contribution in [0.25, 0.3) is 0 Å². The van der Waals surface area contributed by atoms with Gasteiger partial charge in [-0.15, -0.1) is 11.8 Å². The van der Waals surface area contributed by atoms with Gasteiger partial charge in [0.2, 0.25) is 0 Å². The van der Waals surface area contributed by atoms with Crippen LogP contribution in [0.2, 0.25) is 0 Å². The molecule has 0 aliphatic rings. The highest BCUT2D eigenvalue weighted by atomic mass is 32.2. The van der Waals surface area contributed by atoms with Crippen molar-refractivity contribution in [2.24, 2.45) is 0 Å². The molecule has 3 nitrogen and oxygen atoms in total. The van der Waals surface area contributed by atoms with Crippen molar-refractivity contribution in [2.45, 2.75) is 43.3 Å². The topological polar surface area (TPSA) is 63.3 Å². The van der Waals surface area contributed by atoms with Gasteiger partial charge in [0, 0.05) is 10.6 Å². The maximum absolute atomic E-state index is 11.2. The van der Waals surface area contributed by atoms with Crippen LogP contribution in [0.15, 0.2) is 23.1 Å². The highest BCUT2D eigenvalue weighted by Gasteiger charge is 2.19. The van der Waals surface area contributed by atoms with Crippen LogP contribution in [0.5, 0.6) is 0 Å². The monoisotopic (exact) mass is 253 g/mol. The van der Waals surface area contributed by atoms with Crippen molar-refractivity contribution in [3.05, 3.63) is 23.8 Å². The second kappa shape index (κ2) is 6.55. The number of rotatable bonds is 6. The van der Waals surface area contributed by atoms with Crippen molar-refractivity contribution in [3.8, 4) is 0 Å². The molecule has 0 heterocycles. The first-order valence-electron chi connectivity index (χ1n) is 5.80. The summed E-state index contributed by atoms with van der Waals surface area (Å²) >= 11 is 1.40. The Hall–Kier alpha value is -1.16. The highest BCUT2D eigenvalue weighted by molar-refractivity contribution is 8.00. The lowest BCUT2D eigenvalue weighted by molar-refractivity contribution is -0.136. The first-order chi connectivity index (χ1) is 8.04. The zero-order valence-corrected chi connectivity index (χ0v) is 11.1. The van der Waals surface area contributed by atoms with Crippen LogP contribution in [-0.2, 0) is 4.79 Å². The largest absolute Gasteiger partial charge is 0.480 e. The predicted octanol–water partition coefficient (Wildman–Crippen LogP) is 3.31. The number of nitrogen functional groups attached to an aromatic ring is 1. The molecule has 1 rings (SSSR count). The molecular formula is C13H19NO2S. The molecule has 1 aromatic rings. The van der Waals surface area contributed by atoms with E-state index < -0.39 is 5.97 Å². The number of thioether (sulfide) groups is 1. The molecule has 1 aromatic carbocycles. The van der Waals surface area contributed by atoms with E-state index in [9.17, 15) is 4.79 Å². The van der Waals surface area contributed by atoms with E-state index >= 15 is 0 Å². The SMILES string of the molecule is CCCCC(Sc1cc(N)ccc1C)C(=O)O. The Morgan fingerprint density at radius 2 is 2.24 bits per heavy atom. The van der Waals surface area contributed by atoms with E-state index in [0.29, 0.717) is 12.1 Å². The van der Waals surface area contributed by atoms with E-state index in [1.54, 1.807) is 0 Å². The lowest BCUT2D eigenvalue weighted by atomic mass is 10.2. The number of aliphatic carboxylic acids is 1. The molecular weight excluding hydrogens is 234 g/mol. The second-order valence-corrected chi connectivity index (χ2v) is 5.36. The summed E-state index contributed by atoms with van der Waals surface area (Å²) in [6.07, 6.45) is 2.65. The first kappa shape index (κ1) is 13.9. The van der Waals surface area contributed by atoms with Crippen molar-refractivity contribution in [3.63, 3.8) is 0 Å². The van der Waals surface area contributed by atoms with E-state index in [4.69, 9.17) is 10.8 Å². The fraction of sp³-hybridized carbons (Fsp3) is 0.462. The molecule has 17 heavy (non-hydrogen) atoms. The summed E-state index contributed by atoms with van der Waals surface area (Å²) < 4.78 is 0. The summed E-state index contributed by atoms with van der Waals surface area (Å²) in [5.41, 5.74) is 7.47. The van der Waals surface area contributed by atoms with Crippen LogP contribution in [0, 0.1) is 6.92 Å². The molecule has 0 aliphatic carbocycles. The quantitative estimate of drug-likeness (QED) is 0.603. The van der Waals surface area contributed by atoms with Gasteiger partial charge in [0.1, 0.15) is 5.25 Å². The number of carboxylic acid groups (broad SMARTS) is 1. The summed E-state index contributed by atoms with van der Waals surface area (Å²) in [5, 5.41) is 8.79. The summed E-state index contributed by atoms with van der Waals surface area (Å²) in [6, 6.07) is 5.61. The number of aryl methyl sites for hydroxylation is 1. The third kappa shape index (κ3) is 4.30. The van der Waals surface area contributed by atoms with Crippen molar-refractivity contribution in [1.82, 2.24) is 0 Å². The van der Waals surface area contributed by atoms with Gasteiger partial charge < -0.3 is 10.8 Å². The van der Waals surface area contributed by atoms with Gasteiger partial charge in [-0.3, -0.25) is 4.79 Å². The zero-order chi connectivity index (χ0) is 12.8. The third-order valence-corrected chi connectivity index (χ3v) is 3.99. The Morgan fingerprint density at radius 1 is 1.53 bits per heavy atom. The number of carboxylic acids is 1. The lowest BCUT2D eigenvalue weighted by Crippen LogP contribution is -2.16. The van der Waals surface area contributed by atoms with Crippen LogP contribution in [0.4, 0.5) is 5.69 Å². The molecule has 0 saturated heterocycles. The Bertz CT molecular complexity index is 393. The molecule has 0 saturated carbocycles. The van der Waals surface area contributed by atoms with Gasteiger partial charge in [-0.2, -0.15) is 0 Å².